The third-order valence-corrected chi connectivity index (χ3v) is 5.22. The first kappa shape index (κ1) is 13.9. The Kier molecular flexibility index (Phi) is 3.03. The lowest BCUT2D eigenvalue weighted by Gasteiger charge is -2.03. The predicted molar refractivity (Wildman–Crippen MR) is 97.1 cm³/mol. The maximum Gasteiger partial charge on any atom is 0.119 e. The summed E-state index contributed by atoms with van der Waals surface area (Å²) in [6, 6.07) is 13.1. The lowest BCUT2D eigenvalue weighted by atomic mass is 10.0. The average Bonchev–Trinajstić information content (AvgIpc) is 3.18. The van der Waals surface area contributed by atoms with Gasteiger partial charge in [-0.1, -0.05) is 12.1 Å². The van der Waals surface area contributed by atoms with E-state index >= 15 is 0 Å². The van der Waals surface area contributed by atoms with Crippen molar-refractivity contribution in [3.8, 4) is 22.5 Å². The van der Waals surface area contributed by atoms with Crippen molar-refractivity contribution < 1.29 is 0 Å². The van der Waals surface area contributed by atoms with Crippen LogP contribution in [-0.4, -0.2) is 19.7 Å². The van der Waals surface area contributed by atoms with E-state index in [4.69, 9.17) is 5.10 Å². The average molecular weight is 332 g/mol. The van der Waals surface area contributed by atoms with Gasteiger partial charge in [0.1, 0.15) is 5.69 Å². The molecule has 5 heteroatoms. The highest BCUT2D eigenvalue weighted by Gasteiger charge is 2.26. The zero-order chi connectivity index (χ0) is 16.1. The molecule has 0 N–H and O–H groups in total. The summed E-state index contributed by atoms with van der Waals surface area (Å²) in [5.41, 5.74) is 8.19. The molecule has 0 saturated heterocycles. The van der Waals surface area contributed by atoms with Crippen molar-refractivity contribution in [2.45, 2.75) is 25.8 Å². The SMILES string of the molecule is Cc1cccc(-c2nn(C3CC3)cc2-c2ccc3ncsc3c2)n1. The number of hydrogen-bond donors (Lipinski definition) is 0. The van der Waals surface area contributed by atoms with E-state index in [9.17, 15) is 0 Å². The van der Waals surface area contributed by atoms with Gasteiger partial charge in [0.15, 0.2) is 0 Å². The Labute approximate surface area is 143 Å². The fourth-order valence-electron chi connectivity index (χ4n) is 3.02. The summed E-state index contributed by atoms with van der Waals surface area (Å²) < 4.78 is 3.32. The van der Waals surface area contributed by atoms with Gasteiger partial charge in [-0.25, -0.2) is 4.98 Å². The van der Waals surface area contributed by atoms with Gasteiger partial charge in [0.05, 0.1) is 27.5 Å². The molecule has 118 valence electrons. The first-order valence-corrected chi connectivity index (χ1v) is 9.03. The smallest absolute Gasteiger partial charge is 0.119 e. The van der Waals surface area contributed by atoms with E-state index in [2.05, 4.69) is 39.0 Å². The molecule has 1 aromatic carbocycles. The standard InChI is InChI=1S/C19H16N4S/c1-12-3-2-4-17(21-12)19-15(10-23(22-19)14-6-7-14)13-5-8-16-18(9-13)24-11-20-16/h2-5,8-11,14H,6-7H2,1H3. The van der Waals surface area contributed by atoms with Crippen LogP contribution in [0, 0.1) is 6.92 Å². The largest absolute Gasteiger partial charge is 0.268 e. The number of aryl methyl sites for hydroxylation is 1. The van der Waals surface area contributed by atoms with Gasteiger partial charge in [0.2, 0.25) is 0 Å². The first-order chi connectivity index (χ1) is 11.8. The second-order valence-electron chi connectivity index (χ2n) is 6.30. The number of thiazole rings is 1. The summed E-state index contributed by atoms with van der Waals surface area (Å²) in [6.07, 6.45) is 4.62. The van der Waals surface area contributed by atoms with Crippen LogP contribution in [0.1, 0.15) is 24.6 Å². The summed E-state index contributed by atoms with van der Waals surface area (Å²) in [6.45, 7) is 2.02. The monoisotopic (exact) mass is 332 g/mol. The molecule has 1 fully saturated rings. The van der Waals surface area contributed by atoms with Crippen LogP contribution in [0.4, 0.5) is 0 Å². The number of benzene rings is 1. The Morgan fingerprint density at radius 2 is 2.08 bits per heavy atom. The number of aromatic nitrogens is 4. The van der Waals surface area contributed by atoms with Crippen LogP contribution in [-0.2, 0) is 0 Å². The Morgan fingerprint density at radius 1 is 1.17 bits per heavy atom. The van der Waals surface area contributed by atoms with Gasteiger partial charge in [-0.3, -0.25) is 9.67 Å². The van der Waals surface area contributed by atoms with Crippen LogP contribution in [0.15, 0.2) is 48.1 Å². The van der Waals surface area contributed by atoms with Crippen LogP contribution < -0.4 is 0 Å². The lowest BCUT2D eigenvalue weighted by molar-refractivity contribution is 0.643. The summed E-state index contributed by atoms with van der Waals surface area (Å²) >= 11 is 1.67. The Morgan fingerprint density at radius 3 is 2.92 bits per heavy atom. The highest BCUT2D eigenvalue weighted by molar-refractivity contribution is 7.16. The van der Waals surface area contributed by atoms with Crippen molar-refractivity contribution in [1.82, 2.24) is 19.7 Å². The van der Waals surface area contributed by atoms with E-state index in [0.29, 0.717) is 6.04 Å². The normalized spacial score (nSPS) is 14.4. The molecule has 0 unspecified atom stereocenters. The molecule has 3 heterocycles. The van der Waals surface area contributed by atoms with Crippen molar-refractivity contribution in [2.75, 3.05) is 0 Å². The summed E-state index contributed by atoms with van der Waals surface area (Å²) in [4.78, 5) is 9.06. The molecule has 0 aliphatic heterocycles. The molecule has 0 amide bonds. The quantitative estimate of drug-likeness (QED) is 0.538. The van der Waals surface area contributed by atoms with Crippen molar-refractivity contribution in [3.05, 3.63) is 53.8 Å². The number of pyridine rings is 1. The molecular formula is C19H16N4S. The fraction of sp³-hybridized carbons (Fsp3) is 0.211. The second kappa shape index (κ2) is 5.24. The third kappa shape index (κ3) is 2.32. The topological polar surface area (TPSA) is 43.6 Å². The minimum absolute atomic E-state index is 0.550. The highest BCUT2D eigenvalue weighted by Crippen LogP contribution is 2.39. The lowest BCUT2D eigenvalue weighted by Crippen LogP contribution is -1.94. The van der Waals surface area contributed by atoms with Gasteiger partial charge in [-0.2, -0.15) is 5.10 Å². The summed E-state index contributed by atoms with van der Waals surface area (Å²) in [7, 11) is 0. The summed E-state index contributed by atoms with van der Waals surface area (Å²) in [5, 5.41) is 4.87. The van der Waals surface area contributed by atoms with Gasteiger partial charge in [-0.15, -0.1) is 11.3 Å². The van der Waals surface area contributed by atoms with E-state index in [0.717, 1.165) is 28.2 Å². The first-order valence-electron chi connectivity index (χ1n) is 8.15. The predicted octanol–water partition coefficient (Wildman–Crippen LogP) is 4.87. The van der Waals surface area contributed by atoms with Gasteiger partial charge >= 0.3 is 0 Å². The van der Waals surface area contributed by atoms with Gasteiger partial charge in [0.25, 0.3) is 0 Å². The molecule has 0 atom stereocenters. The van der Waals surface area contributed by atoms with Gasteiger partial charge in [-0.05, 0) is 49.6 Å². The van der Waals surface area contributed by atoms with Crippen LogP contribution >= 0.6 is 11.3 Å². The molecule has 3 aromatic heterocycles. The molecule has 24 heavy (non-hydrogen) atoms. The zero-order valence-electron chi connectivity index (χ0n) is 13.3. The molecule has 4 nitrogen and oxygen atoms in total. The molecular weight excluding hydrogens is 316 g/mol. The van der Waals surface area contributed by atoms with E-state index in [-0.39, 0.29) is 0 Å². The Bertz CT molecular complexity index is 1040. The van der Waals surface area contributed by atoms with Crippen LogP contribution in [0.2, 0.25) is 0 Å². The molecule has 1 saturated carbocycles. The van der Waals surface area contributed by atoms with E-state index in [1.54, 1.807) is 11.3 Å². The van der Waals surface area contributed by atoms with Gasteiger partial charge < -0.3 is 0 Å². The molecule has 1 aliphatic rings. The van der Waals surface area contributed by atoms with Crippen LogP contribution in [0.5, 0.6) is 0 Å². The summed E-state index contributed by atoms with van der Waals surface area (Å²) in [5.74, 6) is 0. The minimum Gasteiger partial charge on any atom is -0.268 e. The maximum atomic E-state index is 4.87. The zero-order valence-corrected chi connectivity index (χ0v) is 14.1. The molecule has 5 rings (SSSR count). The minimum atomic E-state index is 0.550. The third-order valence-electron chi connectivity index (χ3n) is 4.43. The van der Waals surface area contributed by atoms with Gasteiger partial charge in [0, 0.05) is 17.5 Å². The maximum absolute atomic E-state index is 4.87. The Hall–Kier alpha value is -2.53. The fourth-order valence-corrected chi connectivity index (χ4v) is 3.73. The molecule has 1 aliphatic carbocycles. The molecule has 4 aromatic rings. The molecule has 0 spiro atoms. The number of nitrogens with zero attached hydrogens (tertiary/aromatic N) is 4. The van der Waals surface area contributed by atoms with Crippen LogP contribution in [0.3, 0.4) is 0 Å². The van der Waals surface area contributed by atoms with E-state index in [1.807, 2.05) is 30.6 Å². The number of rotatable bonds is 3. The highest BCUT2D eigenvalue weighted by atomic mass is 32.1. The second-order valence-corrected chi connectivity index (χ2v) is 7.19. The van der Waals surface area contributed by atoms with Crippen molar-refractivity contribution in [3.63, 3.8) is 0 Å². The molecule has 0 bridgehead atoms. The number of hydrogen-bond acceptors (Lipinski definition) is 4. The number of fused-ring (bicyclic) bond motifs is 1. The van der Waals surface area contributed by atoms with E-state index < -0.39 is 0 Å². The van der Waals surface area contributed by atoms with Crippen molar-refractivity contribution >= 4 is 21.6 Å². The molecule has 0 radical (unpaired) electrons. The van der Waals surface area contributed by atoms with Crippen molar-refractivity contribution in [1.29, 1.82) is 0 Å². The Balaban J connectivity index is 1.71. The van der Waals surface area contributed by atoms with Crippen molar-refractivity contribution in [2.24, 2.45) is 0 Å². The van der Waals surface area contributed by atoms with E-state index in [1.165, 1.54) is 23.1 Å². The van der Waals surface area contributed by atoms with Crippen LogP contribution in [0.25, 0.3) is 32.7 Å².